The maximum absolute atomic E-state index is 14.2. The van der Waals surface area contributed by atoms with Crippen molar-refractivity contribution in [3.63, 3.8) is 0 Å². The normalized spacial score (nSPS) is 22.3. The molecule has 30 heavy (non-hydrogen) atoms. The predicted octanol–water partition coefficient (Wildman–Crippen LogP) is 4.38. The Balaban J connectivity index is 1.44. The third-order valence-electron chi connectivity index (χ3n) is 5.65. The van der Waals surface area contributed by atoms with Crippen molar-refractivity contribution in [2.24, 2.45) is 5.92 Å². The number of nitrogens with one attached hydrogen (secondary N) is 1. The Hall–Kier alpha value is -2.25. The van der Waals surface area contributed by atoms with E-state index in [1.54, 1.807) is 6.07 Å². The quantitative estimate of drug-likeness (QED) is 0.714. The lowest BCUT2D eigenvalue weighted by atomic mass is 9.88. The Morgan fingerprint density at radius 3 is 2.80 bits per heavy atom. The first-order valence-electron chi connectivity index (χ1n) is 10.2. The van der Waals surface area contributed by atoms with Crippen LogP contribution in [0.3, 0.4) is 0 Å². The number of rotatable bonds is 5. The van der Waals surface area contributed by atoms with Gasteiger partial charge < -0.3 is 14.8 Å². The second-order valence-electron chi connectivity index (χ2n) is 8.65. The van der Waals surface area contributed by atoms with Gasteiger partial charge in [-0.3, -0.25) is 9.59 Å². The summed E-state index contributed by atoms with van der Waals surface area (Å²) in [4.78, 5) is 25.7. The number of thiophene rings is 1. The van der Waals surface area contributed by atoms with Crippen molar-refractivity contribution < 1.29 is 23.5 Å². The highest BCUT2D eigenvalue weighted by Gasteiger charge is 2.34. The molecule has 1 N–H and O–H groups in total. The van der Waals surface area contributed by atoms with E-state index in [0.717, 1.165) is 10.4 Å². The zero-order valence-electron chi connectivity index (χ0n) is 17.4. The molecule has 7 heteroatoms. The molecule has 0 saturated carbocycles. The highest BCUT2D eigenvalue weighted by molar-refractivity contribution is 7.17. The van der Waals surface area contributed by atoms with Crippen LogP contribution in [-0.4, -0.2) is 36.5 Å². The van der Waals surface area contributed by atoms with Crippen LogP contribution < -0.4 is 10.1 Å². The molecule has 1 amide bonds. The van der Waals surface area contributed by atoms with Gasteiger partial charge in [0.1, 0.15) is 17.7 Å². The summed E-state index contributed by atoms with van der Waals surface area (Å²) in [6, 6.07) is 6.50. The van der Waals surface area contributed by atoms with Crippen LogP contribution in [0.5, 0.6) is 5.75 Å². The summed E-state index contributed by atoms with van der Waals surface area (Å²) in [5.74, 6) is 0.236. The van der Waals surface area contributed by atoms with Crippen LogP contribution in [0.1, 0.15) is 48.8 Å². The van der Waals surface area contributed by atoms with Gasteiger partial charge in [-0.05, 0) is 57.9 Å². The molecule has 3 heterocycles. The molecular weight excluding hydrogens is 405 g/mol. The number of Topliss-reactive ketones (excluding diaryl/α,β-unsaturated/α-hetero) is 1. The minimum atomic E-state index is -0.334. The minimum Gasteiger partial charge on any atom is -0.487 e. The van der Waals surface area contributed by atoms with E-state index in [2.05, 4.69) is 5.32 Å². The van der Waals surface area contributed by atoms with Crippen LogP contribution in [0, 0.1) is 11.7 Å². The molecule has 2 aromatic rings. The smallest absolute Gasteiger partial charge is 0.223 e. The summed E-state index contributed by atoms with van der Waals surface area (Å²) >= 11 is 1.33. The molecule has 1 aromatic carbocycles. The molecule has 2 aliphatic rings. The maximum atomic E-state index is 14.2. The molecule has 0 spiro atoms. The lowest BCUT2D eigenvalue weighted by molar-refractivity contribution is -0.135. The van der Waals surface area contributed by atoms with E-state index in [0.29, 0.717) is 48.6 Å². The molecule has 0 aliphatic carbocycles. The van der Waals surface area contributed by atoms with Gasteiger partial charge in [-0.15, -0.1) is 11.3 Å². The van der Waals surface area contributed by atoms with Gasteiger partial charge in [-0.1, -0.05) is 0 Å². The number of amides is 1. The molecule has 1 saturated heterocycles. The average Bonchev–Trinajstić information content (AvgIpc) is 3.31. The van der Waals surface area contributed by atoms with E-state index in [1.807, 2.05) is 19.9 Å². The fourth-order valence-corrected chi connectivity index (χ4v) is 5.09. The van der Waals surface area contributed by atoms with Gasteiger partial charge in [0, 0.05) is 34.9 Å². The largest absolute Gasteiger partial charge is 0.487 e. The highest BCUT2D eigenvalue weighted by Crippen LogP contribution is 2.42. The average molecular weight is 432 g/mol. The molecule has 1 aromatic heterocycles. The van der Waals surface area contributed by atoms with Crippen LogP contribution in [0.4, 0.5) is 4.39 Å². The zero-order chi connectivity index (χ0) is 21.5. The van der Waals surface area contributed by atoms with E-state index in [1.165, 1.54) is 30.4 Å². The number of hydrogen-bond donors (Lipinski definition) is 1. The number of hydrogen-bond acceptors (Lipinski definition) is 5. The lowest BCUT2D eigenvalue weighted by Gasteiger charge is -2.34. The Morgan fingerprint density at radius 1 is 1.30 bits per heavy atom. The summed E-state index contributed by atoms with van der Waals surface area (Å²) in [6.45, 7) is 6.47. The molecule has 1 fully saturated rings. The molecule has 2 atom stereocenters. The number of carbonyl (C=O) groups excluding carboxylic acids is 2. The van der Waals surface area contributed by atoms with E-state index < -0.39 is 0 Å². The number of halogens is 1. The lowest BCUT2D eigenvalue weighted by Crippen LogP contribution is -2.43. The summed E-state index contributed by atoms with van der Waals surface area (Å²) < 4.78 is 26.0. The van der Waals surface area contributed by atoms with Gasteiger partial charge in [0.2, 0.25) is 5.91 Å². The Labute approximate surface area is 179 Å². The topological polar surface area (TPSA) is 64.6 Å². The van der Waals surface area contributed by atoms with Crippen molar-refractivity contribution >= 4 is 23.0 Å². The Kier molecular flexibility index (Phi) is 5.68. The molecule has 4 rings (SSSR count). The van der Waals surface area contributed by atoms with Crippen molar-refractivity contribution in [1.29, 1.82) is 0 Å². The van der Waals surface area contributed by atoms with Crippen molar-refractivity contribution in [3.05, 3.63) is 40.5 Å². The number of fused-ring (bicyclic) bond motifs is 1. The van der Waals surface area contributed by atoms with Crippen LogP contribution >= 0.6 is 11.3 Å². The maximum Gasteiger partial charge on any atom is 0.223 e. The highest BCUT2D eigenvalue weighted by atomic mass is 32.1. The number of ketones is 1. The van der Waals surface area contributed by atoms with Crippen LogP contribution in [0.15, 0.2) is 24.3 Å². The number of ether oxygens (including phenoxy) is 2. The fraction of sp³-hybridized carbons (Fsp3) is 0.478. The van der Waals surface area contributed by atoms with Crippen molar-refractivity contribution in [2.45, 2.75) is 51.7 Å². The molecule has 0 unspecified atom stereocenters. The number of carbonyl (C=O) groups is 2. The SMILES string of the molecule is CC(=O)c1ccc(-c2cc(F)cc3c2O[C@@H](CNC(=O)[C@@H]2CCOC(C)(C)C2)C3)s1. The summed E-state index contributed by atoms with van der Waals surface area (Å²) in [7, 11) is 0. The van der Waals surface area contributed by atoms with Gasteiger partial charge in [0.15, 0.2) is 5.78 Å². The molecular formula is C23H26FNO4S. The Bertz CT molecular complexity index is 984. The van der Waals surface area contributed by atoms with Crippen LogP contribution in [-0.2, 0) is 16.0 Å². The summed E-state index contributed by atoms with van der Waals surface area (Å²) in [5, 5.41) is 3.00. The summed E-state index contributed by atoms with van der Waals surface area (Å²) in [6.07, 6.45) is 1.69. The van der Waals surface area contributed by atoms with Crippen molar-refractivity contribution in [3.8, 4) is 16.2 Å². The molecule has 0 radical (unpaired) electrons. The van der Waals surface area contributed by atoms with Crippen LogP contribution in [0.2, 0.25) is 0 Å². The third-order valence-corrected chi connectivity index (χ3v) is 6.87. The second-order valence-corrected chi connectivity index (χ2v) is 9.73. The van der Waals surface area contributed by atoms with E-state index in [-0.39, 0.29) is 35.1 Å². The first-order valence-corrected chi connectivity index (χ1v) is 11.1. The first kappa shape index (κ1) is 21.0. The van der Waals surface area contributed by atoms with Gasteiger partial charge >= 0.3 is 0 Å². The molecule has 160 valence electrons. The fourth-order valence-electron chi connectivity index (χ4n) is 4.18. The standard InChI is InChI=1S/C23H26FNO4S/c1-13(26)19-4-5-20(30-19)18-10-16(24)8-15-9-17(29-21(15)18)12-25-22(27)14-6-7-28-23(2,3)11-14/h4-5,8,10,14,17H,6-7,9,11-12H2,1-3H3,(H,25,27)/t14-,17-/m1/s1. The predicted molar refractivity (Wildman–Crippen MR) is 114 cm³/mol. The van der Waals surface area contributed by atoms with Gasteiger partial charge in [0.05, 0.1) is 17.0 Å². The van der Waals surface area contributed by atoms with Gasteiger partial charge in [-0.2, -0.15) is 0 Å². The van der Waals surface area contributed by atoms with Gasteiger partial charge in [0.25, 0.3) is 0 Å². The van der Waals surface area contributed by atoms with Gasteiger partial charge in [-0.25, -0.2) is 4.39 Å². The zero-order valence-corrected chi connectivity index (χ0v) is 18.2. The van der Waals surface area contributed by atoms with E-state index in [4.69, 9.17) is 9.47 Å². The van der Waals surface area contributed by atoms with Crippen LogP contribution in [0.25, 0.3) is 10.4 Å². The molecule has 5 nitrogen and oxygen atoms in total. The minimum absolute atomic E-state index is 0.0155. The van der Waals surface area contributed by atoms with Crippen molar-refractivity contribution in [2.75, 3.05) is 13.2 Å². The monoisotopic (exact) mass is 431 g/mol. The second kappa shape index (κ2) is 8.12. The molecule has 2 aliphatic heterocycles. The number of benzene rings is 1. The van der Waals surface area contributed by atoms with E-state index in [9.17, 15) is 14.0 Å². The Morgan fingerprint density at radius 2 is 2.10 bits per heavy atom. The third kappa shape index (κ3) is 4.42. The first-order chi connectivity index (χ1) is 14.2. The van der Waals surface area contributed by atoms with Crippen molar-refractivity contribution in [1.82, 2.24) is 5.32 Å². The van der Waals surface area contributed by atoms with E-state index >= 15 is 0 Å². The molecule has 0 bridgehead atoms. The summed E-state index contributed by atoms with van der Waals surface area (Å²) in [5.41, 5.74) is 1.16.